The minimum Gasteiger partial charge on any atom is -0.471 e. The van der Waals surface area contributed by atoms with Crippen molar-refractivity contribution >= 4 is 5.95 Å². The molecule has 2 rings (SSSR count). The smallest absolute Gasteiger partial charge is 0.433 e. The zero-order chi connectivity index (χ0) is 18.8. The number of halogens is 3. The number of hydrogen-bond acceptors (Lipinski definition) is 6. The molecule has 7 nitrogen and oxygen atoms in total. The van der Waals surface area contributed by atoms with Crippen LogP contribution in [0.4, 0.5) is 19.1 Å². The van der Waals surface area contributed by atoms with E-state index in [-0.39, 0.29) is 30.0 Å². The predicted molar refractivity (Wildman–Crippen MR) is 85.1 cm³/mol. The molecule has 0 aliphatic carbocycles. The maximum Gasteiger partial charge on any atom is 0.433 e. The van der Waals surface area contributed by atoms with Crippen LogP contribution in [-0.2, 0) is 18.3 Å². The molecule has 0 bridgehead atoms. The van der Waals surface area contributed by atoms with Gasteiger partial charge in [0.1, 0.15) is 12.3 Å². The summed E-state index contributed by atoms with van der Waals surface area (Å²) in [6.45, 7) is 9.36. The van der Waals surface area contributed by atoms with Crippen LogP contribution in [0.15, 0.2) is 12.3 Å². The Balaban J connectivity index is 2.19. The molecule has 0 aliphatic heterocycles. The highest BCUT2D eigenvalue weighted by molar-refractivity contribution is 5.32. The first kappa shape index (κ1) is 18.9. The van der Waals surface area contributed by atoms with Crippen LogP contribution in [0.3, 0.4) is 0 Å². The van der Waals surface area contributed by atoms with Crippen molar-refractivity contribution in [3.63, 3.8) is 0 Å². The average Bonchev–Trinajstić information content (AvgIpc) is 2.92. The van der Waals surface area contributed by atoms with Gasteiger partial charge in [-0.2, -0.15) is 18.2 Å². The number of hydrogen-bond donors (Lipinski definition) is 1. The highest BCUT2D eigenvalue weighted by atomic mass is 19.4. The van der Waals surface area contributed by atoms with Crippen molar-refractivity contribution in [1.82, 2.24) is 25.0 Å². The maximum absolute atomic E-state index is 13.0. The molecule has 0 spiro atoms. The fourth-order valence-corrected chi connectivity index (χ4v) is 1.81. The van der Waals surface area contributed by atoms with Crippen molar-refractivity contribution in [3.05, 3.63) is 23.7 Å². The molecule has 0 amide bonds. The van der Waals surface area contributed by atoms with Gasteiger partial charge in [-0.25, -0.2) is 9.67 Å². The lowest BCUT2D eigenvalue weighted by atomic mass is 10.1. The number of rotatable bonds is 5. The standard InChI is InChI=1S/C15H21F3N6O/c1-9(2)19-13-20-11(15(16,17)18)6-12(21-13)25-8-10-7-24(23-22-10)14(3,4)5/h6-7,9H,8H2,1-5H3,(H,19,20,21). The summed E-state index contributed by atoms with van der Waals surface area (Å²) in [5.41, 5.74) is -0.836. The summed E-state index contributed by atoms with van der Waals surface area (Å²) in [4.78, 5) is 7.44. The minimum absolute atomic E-state index is 0.0501. The van der Waals surface area contributed by atoms with Gasteiger partial charge >= 0.3 is 6.18 Å². The third-order valence-corrected chi connectivity index (χ3v) is 3.01. The van der Waals surface area contributed by atoms with Gasteiger partial charge in [-0.05, 0) is 34.6 Å². The van der Waals surface area contributed by atoms with Crippen LogP contribution in [0, 0.1) is 0 Å². The number of aromatic nitrogens is 5. The fourth-order valence-electron chi connectivity index (χ4n) is 1.81. The lowest BCUT2D eigenvalue weighted by Gasteiger charge is -2.17. The minimum atomic E-state index is -4.59. The van der Waals surface area contributed by atoms with Crippen molar-refractivity contribution in [1.29, 1.82) is 0 Å². The van der Waals surface area contributed by atoms with Crippen LogP contribution < -0.4 is 10.1 Å². The zero-order valence-electron chi connectivity index (χ0n) is 14.7. The SMILES string of the molecule is CC(C)Nc1nc(OCc2cn(C(C)(C)C)nn2)cc(C(F)(F)F)n1. The van der Waals surface area contributed by atoms with Crippen LogP contribution in [0.25, 0.3) is 0 Å². The van der Waals surface area contributed by atoms with Crippen LogP contribution in [-0.4, -0.2) is 31.0 Å². The number of nitrogens with one attached hydrogen (secondary N) is 1. The van der Waals surface area contributed by atoms with E-state index in [9.17, 15) is 13.2 Å². The Labute approximate surface area is 143 Å². The summed E-state index contributed by atoms with van der Waals surface area (Å²) < 4.78 is 46.0. The van der Waals surface area contributed by atoms with Gasteiger partial charge in [0.25, 0.3) is 0 Å². The Morgan fingerprint density at radius 2 is 1.88 bits per heavy atom. The molecular formula is C15H21F3N6O. The second-order valence-electron chi connectivity index (χ2n) is 6.83. The van der Waals surface area contributed by atoms with E-state index in [0.29, 0.717) is 5.69 Å². The van der Waals surface area contributed by atoms with Crippen molar-refractivity contribution in [2.45, 2.75) is 59.0 Å². The molecule has 2 heterocycles. The number of alkyl halides is 3. The predicted octanol–water partition coefficient (Wildman–Crippen LogP) is 3.24. The van der Waals surface area contributed by atoms with Crippen LogP contribution in [0.2, 0.25) is 0 Å². The first-order valence-electron chi connectivity index (χ1n) is 7.72. The maximum atomic E-state index is 13.0. The molecule has 10 heteroatoms. The topological polar surface area (TPSA) is 77.8 Å². The van der Waals surface area contributed by atoms with Crippen molar-refractivity contribution < 1.29 is 17.9 Å². The molecule has 0 fully saturated rings. The molecule has 0 aliphatic rings. The monoisotopic (exact) mass is 358 g/mol. The molecule has 0 saturated heterocycles. The lowest BCUT2D eigenvalue weighted by molar-refractivity contribution is -0.141. The van der Waals surface area contributed by atoms with E-state index in [0.717, 1.165) is 6.07 Å². The molecule has 0 radical (unpaired) electrons. The summed E-state index contributed by atoms with van der Waals surface area (Å²) in [7, 11) is 0. The van der Waals surface area contributed by atoms with Gasteiger partial charge in [0.2, 0.25) is 11.8 Å². The van der Waals surface area contributed by atoms with Crippen LogP contribution in [0.1, 0.15) is 46.0 Å². The van der Waals surface area contributed by atoms with E-state index < -0.39 is 11.9 Å². The highest BCUT2D eigenvalue weighted by Gasteiger charge is 2.34. The Morgan fingerprint density at radius 1 is 1.20 bits per heavy atom. The molecule has 2 aromatic heterocycles. The largest absolute Gasteiger partial charge is 0.471 e. The van der Waals surface area contributed by atoms with Gasteiger partial charge in [-0.1, -0.05) is 5.21 Å². The van der Waals surface area contributed by atoms with Crippen LogP contribution >= 0.6 is 0 Å². The van der Waals surface area contributed by atoms with Gasteiger partial charge in [-0.3, -0.25) is 0 Å². The van der Waals surface area contributed by atoms with Crippen molar-refractivity contribution in [2.24, 2.45) is 0 Å². The van der Waals surface area contributed by atoms with E-state index in [2.05, 4.69) is 25.6 Å². The molecule has 0 saturated carbocycles. The second-order valence-corrected chi connectivity index (χ2v) is 6.83. The fraction of sp³-hybridized carbons (Fsp3) is 0.600. The Kier molecular flexibility index (Phi) is 5.19. The molecule has 0 atom stereocenters. The van der Waals surface area contributed by atoms with E-state index >= 15 is 0 Å². The summed E-state index contributed by atoms with van der Waals surface area (Å²) in [6, 6.07) is 0.641. The Morgan fingerprint density at radius 3 is 2.40 bits per heavy atom. The molecule has 0 unspecified atom stereocenters. The third-order valence-electron chi connectivity index (χ3n) is 3.01. The number of ether oxygens (including phenoxy) is 1. The molecule has 138 valence electrons. The number of anilines is 1. The zero-order valence-corrected chi connectivity index (χ0v) is 14.7. The van der Waals surface area contributed by atoms with Gasteiger partial charge in [-0.15, -0.1) is 5.10 Å². The summed E-state index contributed by atoms with van der Waals surface area (Å²) in [5, 5.41) is 10.7. The first-order chi connectivity index (χ1) is 11.4. The van der Waals surface area contributed by atoms with Crippen LogP contribution in [0.5, 0.6) is 5.88 Å². The van der Waals surface area contributed by atoms with E-state index in [1.54, 1.807) is 24.7 Å². The van der Waals surface area contributed by atoms with Gasteiger partial charge in [0.05, 0.1) is 11.7 Å². The Hall–Kier alpha value is -2.39. The molecule has 0 aromatic carbocycles. The quantitative estimate of drug-likeness (QED) is 0.884. The lowest BCUT2D eigenvalue weighted by Crippen LogP contribution is -2.22. The van der Waals surface area contributed by atoms with Crippen molar-refractivity contribution in [3.8, 4) is 5.88 Å². The van der Waals surface area contributed by atoms with E-state index in [1.165, 1.54) is 0 Å². The average molecular weight is 358 g/mol. The van der Waals surface area contributed by atoms with E-state index in [4.69, 9.17) is 4.74 Å². The third kappa shape index (κ3) is 5.30. The summed E-state index contributed by atoms with van der Waals surface area (Å²) >= 11 is 0. The van der Waals surface area contributed by atoms with Gasteiger partial charge in [0, 0.05) is 12.1 Å². The van der Waals surface area contributed by atoms with Crippen molar-refractivity contribution in [2.75, 3.05) is 5.32 Å². The first-order valence-corrected chi connectivity index (χ1v) is 7.72. The molecule has 25 heavy (non-hydrogen) atoms. The summed E-state index contributed by atoms with van der Waals surface area (Å²) in [6.07, 6.45) is -2.91. The normalized spacial score (nSPS) is 12.5. The Bertz CT molecular complexity index is 721. The second kappa shape index (κ2) is 6.85. The van der Waals surface area contributed by atoms with E-state index in [1.807, 2.05) is 20.8 Å². The van der Waals surface area contributed by atoms with Gasteiger partial charge < -0.3 is 10.1 Å². The highest BCUT2D eigenvalue weighted by Crippen LogP contribution is 2.30. The molecular weight excluding hydrogens is 337 g/mol. The molecule has 2 aromatic rings. The summed E-state index contributed by atoms with van der Waals surface area (Å²) in [5.74, 6) is -0.325. The molecule has 1 N–H and O–H groups in total. The number of nitrogens with zero attached hydrogens (tertiary/aromatic N) is 5. The van der Waals surface area contributed by atoms with Gasteiger partial charge in [0.15, 0.2) is 5.69 Å².